The van der Waals surface area contributed by atoms with Crippen molar-refractivity contribution in [3.63, 3.8) is 0 Å². The Morgan fingerprint density at radius 3 is 2.55 bits per heavy atom. The number of hydrogen-bond donors (Lipinski definition) is 1. The molecule has 0 aromatic heterocycles. The van der Waals surface area contributed by atoms with E-state index in [2.05, 4.69) is 18.3 Å². The lowest BCUT2D eigenvalue weighted by molar-refractivity contribution is -0.384. The van der Waals surface area contributed by atoms with Crippen molar-refractivity contribution in [3.05, 3.63) is 68.7 Å². The molecular formula is C15H15ClN2O2. The average molecular weight is 291 g/mol. The number of halogens is 1. The van der Waals surface area contributed by atoms with Crippen LogP contribution in [0.2, 0.25) is 5.02 Å². The van der Waals surface area contributed by atoms with Crippen LogP contribution in [0.3, 0.4) is 0 Å². The van der Waals surface area contributed by atoms with Gasteiger partial charge in [-0.05, 0) is 23.6 Å². The van der Waals surface area contributed by atoms with Crippen LogP contribution < -0.4 is 5.32 Å². The summed E-state index contributed by atoms with van der Waals surface area (Å²) < 4.78 is 0. The van der Waals surface area contributed by atoms with Gasteiger partial charge in [0.1, 0.15) is 0 Å². The zero-order valence-electron chi connectivity index (χ0n) is 11.1. The number of aryl methyl sites for hydroxylation is 1. The van der Waals surface area contributed by atoms with E-state index in [1.54, 1.807) is 0 Å². The molecule has 4 nitrogen and oxygen atoms in total. The molecule has 0 atom stereocenters. The maximum absolute atomic E-state index is 10.8. The number of nitro groups is 1. The van der Waals surface area contributed by atoms with E-state index in [9.17, 15) is 10.1 Å². The lowest BCUT2D eigenvalue weighted by Gasteiger charge is -2.11. The predicted molar refractivity (Wildman–Crippen MR) is 81.3 cm³/mol. The van der Waals surface area contributed by atoms with Gasteiger partial charge in [-0.3, -0.25) is 10.1 Å². The van der Waals surface area contributed by atoms with Crippen LogP contribution in [0.5, 0.6) is 0 Å². The maximum Gasteiger partial charge on any atom is 0.271 e. The molecule has 0 spiro atoms. The van der Waals surface area contributed by atoms with E-state index in [1.165, 1.54) is 23.8 Å². The van der Waals surface area contributed by atoms with Crippen LogP contribution in [0.4, 0.5) is 11.4 Å². The van der Waals surface area contributed by atoms with E-state index in [-0.39, 0.29) is 5.69 Å². The largest absolute Gasteiger partial charge is 0.380 e. The van der Waals surface area contributed by atoms with E-state index < -0.39 is 4.92 Å². The molecule has 0 saturated heterocycles. The number of benzene rings is 2. The Bertz CT molecular complexity index is 629. The fraction of sp³-hybridized carbons (Fsp3) is 0.200. The summed E-state index contributed by atoms with van der Waals surface area (Å²) in [6, 6.07) is 12.5. The summed E-state index contributed by atoms with van der Waals surface area (Å²) in [6.07, 6.45) is 0.945. The van der Waals surface area contributed by atoms with Gasteiger partial charge in [-0.25, -0.2) is 0 Å². The fourth-order valence-electron chi connectivity index (χ4n) is 2.03. The summed E-state index contributed by atoms with van der Waals surface area (Å²) >= 11 is 6.06. The zero-order valence-corrected chi connectivity index (χ0v) is 11.9. The Hall–Kier alpha value is -2.07. The SMILES string of the molecule is CCc1ccccc1CNc1cc([N+](=O)[O-])ccc1Cl. The molecule has 0 aliphatic heterocycles. The number of rotatable bonds is 5. The number of hydrogen-bond acceptors (Lipinski definition) is 3. The average Bonchev–Trinajstić information content (AvgIpc) is 2.46. The van der Waals surface area contributed by atoms with Gasteiger partial charge in [-0.15, -0.1) is 0 Å². The fourth-order valence-corrected chi connectivity index (χ4v) is 2.21. The molecule has 0 bridgehead atoms. The van der Waals surface area contributed by atoms with Gasteiger partial charge in [-0.2, -0.15) is 0 Å². The molecule has 2 aromatic rings. The molecular weight excluding hydrogens is 276 g/mol. The topological polar surface area (TPSA) is 55.2 Å². The lowest BCUT2D eigenvalue weighted by Crippen LogP contribution is -2.03. The maximum atomic E-state index is 10.8. The van der Waals surface area contributed by atoms with Gasteiger partial charge in [0, 0.05) is 18.7 Å². The monoisotopic (exact) mass is 290 g/mol. The first-order valence-electron chi connectivity index (χ1n) is 6.36. The third-order valence-electron chi connectivity index (χ3n) is 3.13. The number of nitro benzene ring substituents is 1. The van der Waals surface area contributed by atoms with Crippen molar-refractivity contribution in [2.75, 3.05) is 5.32 Å². The van der Waals surface area contributed by atoms with Crippen LogP contribution in [0.15, 0.2) is 42.5 Å². The van der Waals surface area contributed by atoms with Crippen molar-refractivity contribution < 1.29 is 4.92 Å². The van der Waals surface area contributed by atoms with Crippen LogP contribution in [-0.4, -0.2) is 4.92 Å². The molecule has 2 aromatic carbocycles. The third kappa shape index (κ3) is 3.27. The summed E-state index contributed by atoms with van der Waals surface area (Å²) in [6.45, 7) is 2.68. The second kappa shape index (κ2) is 6.39. The summed E-state index contributed by atoms with van der Waals surface area (Å²) in [5.74, 6) is 0. The van der Waals surface area contributed by atoms with Crippen LogP contribution in [0.25, 0.3) is 0 Å². The van der Waals surface area contributed by atoms with E-state index in [0.29, 0.717) is 17.3 Å². The number of non-ortho nitro benzene ring substituents is 1. The smallest absolute Gasteiger partial charge is 0.271 e. The molecule has 20 heavy (non-hydrogen) atoms. The molecule has 0 heterocycles. The standard InChI is InChI=1S/C15H15ClN2O2/c1-2-11-5-3-4-6-12(11)10-17-15-9-13(18(19)20)7-8-14(15)16/h3-9,17H,2,10H2,1H3. The summed E-state index contributed by atoms with van der Waals surface area (Å²) in [7, 11) is 0. The van der Waals surface area contributed by atoms with Gasteiger partial charge in [-0.1, -0.05) is 42.8 Å². The predicted octanol–water partition coefficient (Wildman–Crippen LogP) is 4.42. The number of nitrogens with one attached hydrogen (secondary N) is 1. The van der Waals surface area contributed by atoms with Gasteiger partial charge in [0.15, 0.2) is 0 Å². The van der Waals surface area contributed by atoms with E-state index in [0.717, 1.165) is 12.0 Å². The van der Waals surface area contributed by atoms with E-state index in [1.807, 2.05) is 18.2 Å². The van der Waals surface area contributed by atoms with Crippen LogP contribution in [0, 0.1) is 10.1 Å². The molecule has 104 valence electrons. The molecule has 0 fully saturated rings. The Morgan fingerprint density at radius 2 is 1.90 bits per heavy atom. The van der Waals surface area contributed by atoms with Crippen molar-refractivity contribution >= 4 is 23.0 Å². The number of nitrogens with zero attached hydrogens (tertiary/aromatic N) is 1. The lowest BCUT2D eigenvalue weighted by atomic mass is 10.1. The minimum Gasteiger partial charge on any atom is -0.380 e. The molecule has 1 N–H and O–H groups in total. The highest BCUT2D eigenvalue weighted by molar-refractivity contribution is 6.33. The summed E-state index contributed by atoms with van der Waals surface area (Å²) in [5.41, 5.74) is 3.02. The quantitative estimate of drug-likeness (QED) is 0.655. The first kappa shape index (κ1) is 14.3. The summed E-state index contributed by atoms with van der Waals surface area (Å²) in [5, 5.41) is 14.4. The van der Waals surface area contributed by atoms with Crippen molar-refractivity contribution in [1.82, 2.24) is 0 Å². The highest BCUT2D eigenvalue weighted by Gasteiger charge is 2.09. The molecule has 0 saturated carbocycles. The Morgan fingerprint density at radius 1 is 1.20 bits per heavy atom. The third-order valence-corrected chi connectivity index (χ3v) is 3.46. The molecule has 0 amide bonds. The number of anilines is 1. The second-order valence-corrected chi connectivity index (χ2v) is 4.80. The van der Waals surface area contributed by atoms with Crippen molar-refractivity contribution in [2.45, 2.75) is 19.9 Å². The van der Waals surface area contributed by atoms with Gasteiger partial charge < -0.3 is 5.32 Å². The minimum atomic E-state index is -0.429. The molecule has 0 unspecified atom stereocenters. The van der Waals surface area contributed by atoms with Crippen molar-refractivity contribution in [3.8, 4) is 0 Å². The van der Waals surface area contributed by atoms with Gasteiger partial charge in [0.2, 0.25) is 0 Å². The van der Waals surface area contributed by atoms with Gasteiger partial charge in [0.25, 0.3) is 5.69 Å². The Kier molecular flexibility index (Phi) is 4.58. The molecule has 0 aliphatic carbocycles. The van der Waals surface area contributed by atoms with E-state index in [4.69, 9.17) is 11.6 Å². The second-order valence-electron chi connectivity index (χ2n) is 4.40. The first-order chi connectivity index (χ1) is 9.61. The van der Waals surface area contributed by atoms with Crippen molar-refractivity contribution in [2.24, 2.45) is 0 Å². The normalized spacial score (nSPS) is 10.3. The van der Waals surface area contributed by atoms with Crippen LogP contribution >= 0.6 is 11.6 Å². The Labute approximate surface area is 122 Å². The highest BCUT2D eigenvalue weighted by atomic mass is 35.5. The van der Waals surface area contributed by atoms with E-state index >= 15 is 0 Å². The molecule has 0 radical (unpaired) electrons. The van der Waals surface area contributed by atoms with Crippen LogP contribution in [0.1, 0.15) is 18.1 Å². The molecule has 0 aliphatic rings. The van der Waals surface area contributed by atoms with Crippen LogP contribution in [-0.2, 0) is 13.0 Å². The Balaban J connectivity index is 2.18. The van der Waals surface area contributed by atoms with Gasteiger partial charge >= 0.3 is 0 Å². The molecule has 5 heteroatoms. The van der Waals surface area contributed by atoms with Crippen molar-refractivity contribution in [1.29, 1.82) is 0 Å². The highest BCUT2D eigenvalue weighted by Crippen LogP contribution is 2.27. The minimum absolute atomic E-state index is 0.0284. The van der Waals surface area contributed by atoms with Gasteiger partial charge in [0.05, 0.1) is 15.6 Å². The zero-order chi connectivity index (χ0) is 14.5. The first-order valence-corrected chi connectivity index (χ1v) is 6.74. The summed E-state index contributed by atoms with van der Waals surface area (Å²) in [4.78, 5) is 10.3. The molecule has 2 rings (SSSR count).